The van der Waals surface area contributed by atoms with Crippen LogP contribution in [0.15, 0.2) is 28.6 Å². The van der Waals surface area contributed by atoms with Gasteiger partial charge in [0.25, 0.3) is 0 Å². The largest absolute Gasteiger partial charge is 0.370 e. The van der Waals surface area contributed by atoms with Crippen molar-refractivity contribution in [2.24, 2.45) is 10.7 Å². The zero-order chi connectivity index (χ0) is 16.2. The van der Waals surface area contributed by atoms with Gasteiger partial charge in [0, 0.05) is 30.0 Å². The standard InChI is InChI=1S/C18H24N4S/c1-12(2)17-21-16(11-23-17)8-9-20-18(19)22-15-7-6-13-4-3-5-14(13)10-15/h6-7,10-12H,3-5,8-9H2,1-2H3,(H3,19,20,22). The van der Waals surface area contributed by atoms with Gasteiger partial charge in [0.1, 0.15) is 0 Å². The summed E-state index contributed by atoms with van der Waals surface area (Å²) in [6, 6.07) is 6.47. The quantitative estimate of drug-likeness (QED) is 0.649. The van der Waals surface area contributed by atoms with Crippen molar-refractivity contribution >= 4 is 23.0 Å². The number of hydrogen-bond donors (Lipinski definition) is 2. The van der Waals surface area contributed by atoms with E-state index >= 15 is 0 Å². The number of thiazole rings is 1. The van der Waals surface area contributed by atoms with Crippen LogP contribution >= 0.6 is 11.3 Å². The first-order chi connectivity index (χ1) is 11.1. The molecule has 0 fully saturated rings. The lowest BCUT2D eigenvalue weighted by Gasteiger charge is -2.07. The van der Waals surface area contributed by atoms with E-state index in [1.54, 1.807) is 11.3 Å². The molecule has 1 aliphatic carbocycles. The van der Waals surface area contributed by atoms with E-state index < -0.39 is 0 Å². The third-order valence-corrected chi connectivity index (χ3v) is 5.28. The molecule has 0 saturated carbocycles. The minimum Gasteiger partial charge on any atom is -0.370 e. The number of aliphatic imine (C=N–C) groups is 1. The normalized spacial score (nSPS) is 14.3. The Morgan fingerprint density at radius 1 is 1.35 bits per heavy atom. The van der Waals surface area contributed by atoms with Crippen LogP contribution in [-0.4, -0.2) is 17.5 Å². The fraction of sp³-hybridized carbons (Fsp3) is 0.444. The van der Waals surface area contributed by atoms with Crippen LogP contribution in [0.4, 0.5) is 5.69 Å². The van der Waals surface area contributed by atoms with Crippen LogP contribution in [0, 0.1) is 0 Å². The van der Waals surface area contributed by atoms with Crippen molar-refractivity contribution in [3.8, 4) is 0 Å². The highest BCUT2D eigenvalue weighted by Gasteiger charge is 2.11. The number of aromatic nitrogens is 1. The lowest BCUT2D eigenvalue weighted by molar-refractivity contribution is 0.831. The number of nitrogens with zero attached hydrogens (tertiary/aromatic N) is 2. The molecule has 0 unspecified atom stereocenters. The highest BCUT2D eigenvalue weighted by atomic mass is 32.1. The second-order valence-corrected chi connectivity index (χ2v) is 7.20. The molecule has 1 aliphatic rings. The Labute approximate surface area is 141 Å². The van der Waals surface area contributed by atoms with Gasteiger partial charge in [-0.05, 0) is 42.5 Å². The third-order valence-electron chi connectivity index (χ3n) is 4.08. The van der Waals surface area contributed by atoms with Gasteiger partial charge in [-0.2, -0.15) is 0 Å². The van der Waals surface area contributed by atoms with E-state index in [1.807, 2.05) is 0 Å². The predicted octanol–water partition coefficient (Wildman–Crippen LogP) is 3.72. The van der Waals surface area contributed by atoms with Crippen LogP contribution in [-0.2, 0) is 19.3 Å². The first-order valence-electron chi connectivity index (χ1n) is 8.25. The highest BCUT2D eigenvalue weighted by molar-refractivity contribution is 7.09. The van der Waals surface area contributed by atoms with Crippen molar-refractivity contribution in [2.45, 2.75) is 45.4 Å². The summed E-state index contributed by atoms with van der Waals surface area (Å²) in [4.78, 5) is 9.03. The van der Waals surface area contributed by atoms with E-state index in [9.17, 15) is 0 Å². The molecule has 0 spiro atoms. The average molecular weight is 328 g/mol. The maximum absolute atomic E-state index is 5.99. The Hall–Kier alpha value is -1.88. The topological polar surface area (TPSA) is 63.3 Å². The van der Waals surface area contributed by atoms with Crippen LogP contribution in [0.3, 0.4) is 0 Å². The lowest BCUT2D eigenvalue weighted by atomic mass is 10.1. The SMILES string of the molecule is CC(C)c1nc(CCN=C(N)Nc2ccc3c(c2)CCC3)cs1. The van der Waals surface area contributed by atoms with Crippen molar-refractivity contribution in [1.82, 2.24) is 4.98 Å². The number of hydrogen-bond acceptors (Lipinski definition) is 3. The van der Waals surface area contributed by atoms with Gasteiger partial charge in [-0.15, -0.1) is 11.3 Å². The number of anilines is 1. The molecular formula is C18H24N4S. The molecule has 0 saturated heterocycles. The van der Waals surface area contributed by atoms with Crippen LogP contribution in [0.2, 0.25) is 0 Å². The van der Waals surface area contributed by atoms with Crippen molar-refractivity contribution in [3.63, 3.8) is 0 Å². The summed E-state index contributed by atoms with van der Waals surface area (Å²) in [5.41, 5.74) is 11.0. The number of benzene rings is 1. The maximum Gasteiger partial charge on any atom is 0.193 e. The minimum absolute atomic E-state index is 0.474. The molecule has 3 rings (SSSR count). The molecule has 5 heteroatoms. The van der Waals surface area contributed by atoms with Crippen LogP contribution in [0.5, 0.6) is 0 Å². The Morgan fingerprint density at radius 3 is 2.96 bits per heavy atom. The summed E-state index contributed by atoms with van der Waals surface area (Å²) >= 11 is 1.72. The molecule has 0 amide bonds. The van der Waals surface area contributed by atoms with Crippen LogP contribution < -0.4 is 11.1 Å². The van der Waals surface area contributed by atoms with Crippen molar-refractivity contribution in [1.29, 1.82) is 0 Å². The Bertz CT molecular complexity index is 703. The fourth-order valence-electron chi connectivity index (χ4n) is 2.83. The second-order valence-electron chi connectivity index (χ2n) is 6.31. The summed E-state index contributed by atoms with van der Waals surface area (Å²) in [6.45, 7) is 4.99. The highest BCUT2D eigenvalue weighted by Crippen LogP contribution is 2.24. The van der Waals surface area contributed by atoms with E-state index in [-0.39, 0.29) is 0 Å². The lowest BCUT2D eigenvalue weighted by Crippen LogP contribution is -2.23. The summed E-state index contributed by atoms with van der Waals surface area (Å²) < 4.78 is 0. The van der Waals surface area contributed by atoms with Gasteiger partial charge >= 0.3 is 0 Å². The minimum atomic E-state index is 0.474. The Morgan fingerprint density at radius 2 is 2.17 bits per heavy atom. The molecule has 1 aromatic heterocycles. The number of aryl methyl sites for hydroxylation is 2. The van der Waals surface area contributed by atoms with E-state index in [0.717, 1.165) is 17.8 Å². The molecule has 3 N–H and O–H groups in total. The first-order valence-corrected chi connectivity index (χ1v) is 9.13. The number of rotatable bonds is 5. The molecule has 0 atom stereocenters. The number of nitrogens with two attached hydrogens (primary N) is 1. The van der Waals surface area contributed by atoms with E-state index in [0.29, 0.717) is 18.4 Å². The fourth-order valence-corrected chi connectivity index (χ4v) is 3.70. The predicted molar refractivity (Wildman–Crippen MR) is 98.5 cm³/mol. The molecule has 0 radical (unpaired) electrons. The number of fused-ring (bicyclic) bond motifs is 1. The Balaban J connectivity index is 1.53. The van der Waals surface area contributed by atoms with Gasteiger partial charge in [-0.3, -0.25) is 4.99 Å². The molecule has 122 valence electrons. The number of nitrogens with one attached hydrogen (secondary N) is 1. The zero-order valence-electron chi connectivity index (χ0n) is 13.8. The third kappa shape index (κ3) is 4.10. The van der Waals surface area contributed by atoms with Crippen molar-refractivity contribution < 1.29 is 0 Å². The average Bonchev–Trinajstić information content (AvgIpc) is 3.15. The first kappa shape index (κ1) is 16.0. The van der Waals surface area contributed by atoms with Gasteiger partial charge in [-0.25, -0.2) is 4.98 Å². The molecule has 23 heavy (non-hydrogen) atoms. The van der Waals surface area contributed by atoms with Crippen molar-refractivity contribution in [3.05, 3.63) is 45.4 Å². The molecule has 1 aromatic carbocycles. The van der Waals surface area contributed by atoms with Gasteiger partial charge in [0.05, 0.1) is 10.7 Å². The second kappa shape index (κ2) is 7.13. The van der Waals surface area contributed by atoms with Gasteiger partial charge in [-0.1, -0.05) is 19.9 Å². The van der Waals surface area contributed by atoms with Gasteiger partial charge in [0.2, 0.25) is 0 Å². The molecule has 0 bridgehead atoms. The summed E-state index contributed by atoms with van der Waals surface area (Å²) in [5.74, 6) is 0.964. The molecule has 1 heterocycles. The smallest absolute Gasteiger partial charge is 0.193 e. The Kier molecular flexibility index (Phi) is 4.96. The van der Waals surface area contributed by atoms with E-state index in [4.69, 9.17) is 5.73 Å². The molecule has 4 nitrogen and oxygen atoms in total. The van der Waals surface area contributed by atoms with Gasteiger partial charge < -0.3 is 11.1 Å². The molecular weight excluding hydrogens is 304 g/mol. The van der Waals surface area contributed by atoms with E-state index in [1.165, 1.54) is 35.4 Å². The maximum atomic E-state index is 5.99. The summed E-state index contributed by atoms with van der Waals surface area (Å²) in [5, 5.41) is 6.50. The van der Waals surface area contributed by atoms with E-state index in [2.05, 4.69) is 52.7 Å². The number of guanidine groups is 1. The molecule has 0 aliphatic heterocycles. The van der Waals surface area contributed by atoms with Gasteiger partial charge in [0.15, 0.2) is 5.96 Å². The molecule has 2 aromatic rings. The zero-order valence-corrected chi connectivity index (χ0v) is 14.6. The summed E-state index contributed by atoms with van der Waals surface area (Å²) in [7, 11) is 0. The van der Waals surface area contributed by atoms with Crippen LogP contribution in [0.25, 0.3) is 0 Å². The summed E-state index contributed by atoms with van der Waals surface area (Å²) in [6.07, 6.45) is 4.46. The monoisotopic (exact) mass is 328 g/mol. The van der Waals surface area contributed by atoms with Crippen molar-refractivity contribution in [2.75, 3.05) is 11.9 Å². The van der Waals surface area contributed by atoms with Crippen LogP contribution in [0.1, 0.15) is 48.0 Å².